The van der Waals surface area contributed by atoms with Crippen molar-refractivity contribution in [3.05, 3.63) is 53.6 Å². The van der Waals surface area contributed by atoms with Crippen LogP contribution in [0.3, 0.4) is 0 Å². The van der Waals surface area contributed by atoms with Crippen LogP contribution >= 0.6 is 24.0 Å². The zero-order valence-corrected chi connectivity index (χ0v) is 19.9. The van der Waals surface area contributed by atoms with Crippen LogP contribution in [0.1, 0.15) is 24.2 Å². The number of aliphatic hydroxyl groups excluding tert-OH is 1. The Balaban J connectivity index is 0.00000480. The van der Waals surface area contributed by atoms with E-state index in [-0.39, 0.29) is 42.8 Å². The van der Waals surface area contributed by atoms with E-state index in [2.05, 4.69) is 20.4 Å². The summed E-state index contributed by atoms with van der Waals surface area (Å²) in [5.74, 6) is 1.61. The first kappa shape index (κ1) is 26.7. The highest BCUT2D eigenvalue weighted by molar-refractivity contribution is 14.0. The fourth-order valence-corrected chi connectivity index (χ4v) is 2.68. The Morgan fingerprint density at radius 2 is 1.77 bits per heavy atom. The van der Waals surface area contributed by atoms with Gasteiger partial charge in [-0.2, -0.15) is 8.78 Å². The zero-order chi connectivity index (χ0) is 21.9. The third-order valence-electron chi connectivity index (χ3n) is 4.18. The van der Waals surface area contributed by atoms with Crippen LogP contribution in [0, 0.1) is 0 Å². The van der Waals surface area contributed by atoms with E-state index in [0.717, 1.165) is 0 Å². The summed E-state index contributed by atoms with van der Waals surface area (Å²) in [6, 6.07) is 11.7. The van der Waals surface area contributed by atoms with E-state index in [1.165, 1.54) is 13.2 Å². The van der Waals surface area contributed by atoms with E-state index in [1.807, 2.05) is 6.92 Å². The number of halogens is 3. The quantitative estimate of drug-likeness (QED) is 0.237. The van der Waals surface area contributed by atoms with E-state index in [0.29, 0.717) is 35.1 Å². The highest BCUT2D eigenvalue weighted by Crippen LogP contribution is 2.26. The van der Waals surface area contributed by atoms with Crippen molar-refractivity contribution in [1.82, 2.24) is 10.6 Å². The van der Waals surface area contributed by atoms with Crippen LogP contribution in [0.4, 0.5) is 8.78 Å². The van der Waals surface area contributed by atoms with E-state index >= 15 is 0 Å². The molecule has 2 aromatic carbocycles. The van der Waals surface area contributed by atoms with Crippen LogP contribution in [0.15, 0.2) is 47.5 Å². The second kappa shape index (κ2) is 13.9. The molecule has 7 nitrogen and oxygen atoms in total. The lowest BCUT2D eigenvalue weighted by Crippen LogP contribution is -2.39. The van der Waals surface area contributed by atoms with Crippen molar-refractivity contribution in [1.29, 1.82) is 0 Å². The molecular formula is C21H28F2IN3O4. The smallest absolute Gasteiger partial charge is 0.387 e. The van der Waals surface area contributed by atoms with Crippen molar-refractivity contribution in [2.75, 3.05) is 27.3 Å². The fourth-order valence-electron chi connectivity index (χ4n) is 2.68. The molecule has 0 saturated carbocycles. The predicted molar refractivity (Wildman–Crippen MR) is 126 cm³/mol. The van der Waals surface area contributed by atoms with Gasteiger partial charge in [0, 0.05) is 18.7 Å². The Hall–Kier alpha value is -2.34. The molecule has 1 unspecified atom stereocenters. The topological polar surface area (TPSA) is 84.3 Å². The summed E-state index contributed by atoms with van der Waals surface area (Å²) in [4.78, 5) is 4.40. The number of benzene rings is 2. The molecule has 2 aromatic rings. The average molecular weight is 551 g/mol. The van der Waals surface area contributed by atoms with Crippen molar-refractivity contribution < 1.29 is 28.1 Å². The highest BCUT2D eigenvalue weighted by atomic mass is 127. The number of hydrogen-bond donors (Lipinski definition) is 3. The third kappa shape index (κ3) is 8.74. The molecule has 0 heterocycles. The third-order valence-corrected chi connectivity index (χ3v) is 4.18. The van der Waals surface area contributed by atoms with Crippen LogP contribution in [-0.4, -0.2) is 45.0 Å². The molecule has 3 N–H and O–H groups in total. The second-order valence-corrected chi connectivity index (χ2v) is 6.22. The lowest BCUT2D eigenvalue weighted by Gasteiger charge is -2.16. The summed E-state index contributed by atoms with van der Waals surface area (Å²) in [5.41, 5.74) is 1.14. The molecule has 0 radical (unpaired) electrons. The van der Waals surface area contributed by atoms with Gasteiger partial charge in [0.2, 0.25) is 0 Å². The van der Waals surface area contributed by atoms with Gasteiger partial charge in [-0.25, -0.2) is 4.99 Å². The minimum absolute atomic E-state index is 0. The van der Waals surface area contributed by atoms with Gasteiger partial charge in [0.25, 0.3) is 0 Å². The summed E-state index contributed by atoms with van der Waals surface area (Å²) >= 11 is 0. The molecule has 0 amide bonds. The van der Waals surface area contributed by atoms with Gasteiger partial charge in [-0.15, -0.1) is 24.0 Å². The Bertz CT molecular complexity index is 840. The number of aliphatic imine (C=N–C) groups is 1. The molecule has 0 aliphatic rings. The molecule has 172 valence electrons. The predicted octanol–water partition coefficient (Wildman–Crippen LogP) is 3.71. The maximum atomic E-state index is 12.7. The molecule has 0 bridgehead atoms. The van der Waals surface area contributed by atoms with E-state index in [9.17, 15) is 13.9 Å². The molecule has 0 aliphatic heterocycles. The van der Waals surface area contributed by atoms with Gasteiger partial charge in [-0.3, -0.25) is 0 Å². The lowest BCUT2D eigenvalue weighted by atomic mass is 10.1. The molecule has 1 atom stereocenters. The van der Waals surface area contributed by atoms with Gasteiger partial charge in [-0.05, 0) is 42.8 Å². The number of rotatable bonds is 10. The average Bonchev–Trinajstić information content (AvgIpc) is 2.75. The summed E-state index contributed by atoms with van der Waals surface area (Å²) in [6.45, 7) is -0.196. The standard InChI is InChI=1S/C21H27F2N3O4.HI/c1-4-24-21(26-13-18(27)14-6-5-7-16(10-14)28-2)25-12-15-11-17(29-3)8-9-19(15)30-20(22)23;/h5-11,18,20,27H,4,12-13H2,1-3H3,(H2,24,25,26);1H. The molecule has 2 rings (SSSR count). The van der Waals surface area contributed by atoms with Crippen LogP contribution in [0.25, 0.3) is 0 Å². The van der Waals surface area contributed by atoms with Crippen molar-refractivity contribution in [2.45, 2.75) is 26.2 Å². The minimum atomic E-state index is -2.94. The fraction of sp³-hybridized carbons (Fsp3) is 0.381. The van der Waals surface area contributed by atoms with Crippen LogP contribution < -0.4 is 24.8 Å². The van der Waals surface area contributed by atoms with E-state index < -0.39 is 12.7 Å². The SMILES string of the molecule is CCNC(=NCc1cc(OC)ccc1OC(F)F)NCC(O)c1cccc(OC)c1.I. The molecule has 0 fully saturated rings. The number of guanidine groups is 1. The Morgan fingerprint density at radius 1 is 1.06 bits per heavy atom. The monoisotopic (exact) mass is 551 g/mol. The summed E-state index contributed by atoms with van der Waals surface area (Å²) in [5, 5.41) is 16.5. The summed E-state index contributed by atoms with van der Waals surface area (Å²) < 4.78 is 40.2. The van der Waals surface area contributed by atoms with Gasteiger partial charge < -0.3 is 30.0 Å². The number of nitrogens with one attached hydrogen (secondary N) is 2. The molecule has 0 saturated heterocycles. The number of ether oxygens (including phenoxy) is 3. The number of alkyl halides is 2. The maximum Gasteiger partial charge on any atom is 0.387 e. The van der Waals surface area contributed by atoms with E-state index in [1.54, 1.807) is 43.5 Å². The van der Waals surface area contributed by atoms with Crippen LogP contribution in [0.2, 0.25) is 0 Å². The molecule has 0 aliphatic carbocycles. The Labute approximate surface area is 197 Å². The van der Waals surface area contributed by atoms with Crippen LogP contribution in [0.5, 0.6) is 17.2 Å². The largest absolute Gasteiger partial charge is 0.497 e. The van der Waals surface area contributed by atoms with Gasteiger partial charge in [0.1, 0.15) is 17.2 Å². The van der Waals surface area contributed by atoms with Crippen molar-refractivity contribution in [3.63, 3.8) is 0 Å². The lowest BCUT2D eigenvalue weighted by molar-refractivity contribution is -0.0504. The molecule has 0 aromatic heterocycles. The van der Waals surface area contributed by atoms with Gasteiger partial charge >= 0.3 is 6.61 Å². The van der Waals surface area contributed by atoms with Gasteiger partial charge in [-0.1, -0.05) is 12.1 Å². The Morgan fingerprint density at radius 3 is 2.42 bits per heavy atom. The van der Waals surface area contributed by atoms with Gasteiger partial charge in [0.05, 0.1) is 26.9 Å². The van der Waals surface area contributed by atoms with Gasteiger partial charge in [0.15, 0.2) is 5.96 Å². The highest BCUT2D eigenvalue weighted by Gasteiger charge is 2.12. The molecule has 10 heteroatoms. The molecule has 31 heavy (non-hydrogen) atoms. The van der Waals surface area contributed by atoms with Crippen molar-refractivity contribution in [2.24, 2.45) is 4.99 Å². The van der Waals surface area contributed by atoms with E-state index in [4.69, 9.17) is 9.47 Å². The zero-order valence-electron chi connectivity index (χ0n) is 17.6. The molecule has 0 spiro atoms. The first-order chi connectivity index (χ1) is 14.5. The van der Waals surface area contributed by atoms with Crippen molar-refractivity contribution in [3.8, 4) is 17.2 Å². The van der Waals surface area contributed by atoms with Crippen molar-refractivity contribution >= 4 is 29.9 Å². The summed E-state index contributed by atoms with van der Waals surface area (Å²) in [6.07, 6.45) is -0.793. The second-order valence-electron chi connectivity index (χ2n) is 6.22. The number of hydrogen-bond acceptors (Lipinski definition) is 5. The number of methoxy groups -OCH3 is 2. The minimum Gasteiger partial charge on any atom is -0.497 e. The first-order valence-electron chi connectivity index (χ1n) is 9.42. The van der Waals surface area contributed by atoms with Crippen LogP contribution in [-0.2, 0) is 6.54 Å². The normalized spacial score (nSPS) is 12.0. The number of nitrogens with zero attached hydrogens (tertiary/aromatic N) is 1. The summed E-state index contributed by atoms with van der Waals surface area (Å²) in [7, 11) is 3.05. The molecular weight excluding hydrogens is 523 g/mol. The Kier molecular flexibility index (Phi) is 11.9. The number of aliphatic hydroxyl groups is 1. The first-order valence-corrected chi connectivity index (χ1v) is 9.42. The maximum absolute atomic E-state index is 12.7.